The van der Waals surface area contributed by atoms with Gasteiger partial charge in [0.25, 0.3) is 5.91 Å². The van der Waals surface area contributed by atoms with Crippen molar-refractivity contribution in [2.45, 2.75) is 0 Å². The van der Waals surface area contributed by atoms with Crippen LogP contribution in [0.5, 0.6) is 0 Å². The van der Waals surface area contributed by atoms with E-state index in [0.29, 0.717) is 5.69 Å². The predicted molar refractivity (Wildman–Crippen MR) is 78.8 cm³/mol. The number of hydrazone groups is 1. The number of fused-ring (bicyclic) bond motifs is 1. The molecule has 0 saturated carbocycles. The summed E-state index contributed by atoms with van der Waals surface area (Å²) in [4.78, 5) is 15.0. The van der Waals surface area contributed by atoms with Gasteiger partial charge in [0.05, 0.1) is 6.21 Å². The Bertz CT molecular complexity index is 782. The molecular formula is C15H14N4O. The summed E-state index contributed by atoms with van der Waals surface area (Å²) in [6.45, 7) is 0. The van der Waals surface area contributed by atoms with Crippen LogP contribution in [-0.2, 0) is 7.05 Å². The second-order valence-corrected chi connectivity index (χ2v) is 4.49. The minimum absolute atomic E-state index is 0.228. The third kappa shape index (κ3) is 2.21. The Kier molecular flexibility index (Phi) is 3.09. The molecule has 0 fully saturated rings. The number of rotatable bonds is 3. The minimum Gasteiger partial charge on any atom is -0.361 e. The van der Waals surface area contributed by atoms with Gasteiger partial charge in [0.1, 0.15) is 5.69 Å². The highest BCUT2D eigenvalue weighted by Gasteiger charge is 2.07. The SMILES string of the molecule is Cn1cccc1C(=O)NN=Cc1c[nH]c2ccccc12. The molecule has 0 radical (unpaired) electrons. The van der Waals surface area contributed by atoms with Crippen molar-refractivity contribution in [2.75, 3.05) is 0 Å². The molecule has 5 nitrogen and oxygen atoms in total. The molecular weight excluding hydrogens is 252 g/mol. The van der Waals surface area contributed by atoms with Crippen LogP contribution in [0.25, 0.3) is 10.9 Å². The quantitative estimate of drug-likeness (QED) is 0.554. The number of hydrogen-bond acceptors (Lipinski definition) is 2. The molecule has 3 aromatic rings. The van der Waals surface area contributed by atoms with Crippen molar-refractivity contribution in [3.05, 3.63) is 60.0 Å². The van der Waals surface area contributed by atoms with E-state index in [0.717, 1.165) is 16.5 Å². The summed E-state index contributed by atoms with van der Waals surface area (Å²) >= 11 is 0. The third-order valence-electron chi connectivity index (χ3n) is 3.17. The van der Waals surface area contributed by atoms with Crippen LogP contribution in [0.1, 0.15) is 16.1 Å². The Balaban J connectivity index is 1.75. The van der Waals surface area contributed by atoms with Gasteiger partial charge in [0, 0.05) is 35.9 Å². The van der Waals surface area contributed by atoms with Crippen molar-refractivity contribution in [3.63, 3.8) is 0 Å². The Labute approximate surface area is 115 Å². The van der Waals surface area contributed by atoms with Crippen molar-refractivity contribution in [3.8, 4) is 0 Å². The van der Waals surface area contributed by atoms with Gasteiger partial charge in [-0.1, -0.05) is 18.2 Å². The van der Waals surface area contributed by atoms with Crippen molar-refractivity contribution in [1.82, 2.24) is 15.0 Å². The molecule has 0 aliphatic heterocycles. The van der Waals surface area contributed by atoms with Gasteiger partial charge in [-0.3, -0.25) is 4.79 Å². The van der Waals surface area contributed by atoms with E-state index in [-0.39, 0.29) is 5.91 Å². The molecule has 3 rings (SSSR count). The summed E-state index contributed by atoms with van der Waals surface area (Å²) in [5, 5.41) is 5.08. The molecule has 20 heavy (non-hydrogen) atoms. The number of amides is 1. The van der Waals surface area contributed by atoms with Crippen LogP contribution in [0.2, 0.25) is 0 Å². The summed E-state index contributed by atoms with van der Waals surface area (Å²) in [7, 11) is 1.82. The van der Waals surface area contributed by atoms with Crippen LogP contribution in [0.3, 0.4) is 0 Å². The van der Waals surface area contributed by atoms with Gasteiger partial charge in [-0.05, 0) is 18.2 Å². The Morgan fingerprint density at radius 3 is 2.95 bits per heavy atom. The van der Waals surface area contributed by atoms with Crippen LogP contribution in [-0.4, -0.2) is 21.7 Å². The molecule has 100 valence electrons. The van der Waals surface area contributed by atoms with Gasteiger partial charge < -0.3 is 9.55 Å². The molecule has 5 heteroatoms. The van der Waals surface area contributed by atoms with E-state index in [1.54, 1.807) is 16.8 Å². The number of H-pyrrole nitrogens is 1. The van der Waals surface area contributed by atoms with Crippen LogP contribution in [0.15, 0.2) is 53.9 Å². The maximum atomic E-state index is 11.9. The van der Waals surface area contributed by atoms with Gasteiger partial charge in [-0.15, -0.1) is 0 Å². The van der Waals surface area contributed by atoms with Crippen LogP contribution >= 0.6 is 0 Å². The lowest BCUT2D eigenvalue weighted by Crippen LogP contribution is -2.20. The lowest BCUT2D eigenvalue weighted by atomic mass is 10.2. The second-order valence-electron chi connectivity index (χ2n) is 4.49. The van der Waals surface area contributed by atoms with E-state index in [1.807, 2.05) is 49.8 Å². The monoisotopic (exact) mass is 266 g/mol. The molecule has 0 aliphatic carbocycles. The van der Waals surface area contributed by atoms with E-state index in [1.165, 1.54) is 0 Å². The predicted octanol–water partition coefficient (Wildman–Crippen LogP) is 2.27. The van der Waals surface area contributed by atoms with Crippen molar-refractivity contribution < 1.29 is 4.79 Å². The number of nitrogens with one attached hydrogen (secondary N) is 2. The molecule has 1 aromatic carbocycles. The average molecular weight is 266 g/mol. The Hall–Kier alpha value is -2.82. The minimum atomic E-state index is -0.228. The summed E-state index contributed by atoms with van der Waals surface area (Å²) in [5.74, 6) is -0.228. The van der Waals surface area contributed by atoms with Crippen molar-refractivity contribution in [2.24, 2.45) is 12.1 Å². The van der Waals surface area contributed by atoms with E-state index >= 15 is 0 Å². The first-order valence-corrected chi connectivity index (χ1v) is 6.26. The number of aromatic amines is 1. The molecule has 1 amide bonds. The third-order valence-corrected chi connectivity index (χ3v) is 3.17. The largest absolute Gasteiger partial charge is 0.361 e. The molecule has 2 N–H and O–H groups in total. The molecule has 0 aliphatic rings. The second kappa shape index (κ2) is 5.05. The Morgan fingerprint density at radius 1 is 1.30 bits per heavy atom. The first-order valence-electron chi connectivity index (χ1n) is 6.26. The first kappa shape index (κ1) is 12.2. The van der Waals surface area contributed by atoms with E-state index in [4.69, 9.17) is 0 Å². The molecule has 0 spiro atoms. The van der Waals surface area contributed by atoms with E-state index < -0.39 is 0 Å². The lowest BCUT2D eigenvalue weighted by molar-refractivity contribution is 0.0947. The highest BCUT2D eigenvalue weighted by atomic mass is 16.2. The fraction of sp³-hybridized carbons (Fsp3) is 0.0667. The number of benzene rings is 1. The van der Waals surface area contributed by atoms with Gasteiger partial charge >= 0.3 is 0 Å². The molecule has 2 aromatic heterocycles. The molecule has 0 saturated heterocycles. The van der Waals surface area contributed by atoms with Gasteiger partial charge in [0.15, 0.2) is 0 Å². The summed E-state index contributed by atoms with van der Waals surface area (Å²) in [6, 6.07) is 11.5. The normalized spacial score (nSPS) is 11.2. The van der Waals surface area contributed by atoms with Crippen LogP contribution < -0.4 is 5.43 Å². The van der Waals surface area contributed by atoms with Crippen molar-refractivity contribution >= 4 is 23.0 Å². The molecule has 0 bridgehead atoms. The van der Waals surface area contributed by atoms with E-state index in [9.17, 15) is 4.79 Å². The highest BCUT2D eigenvalue weighted by Crippen LogP contribution is 2.15. The van der Waals surface area contributed by atoms with Crippen molar-refractivity contribution in [1.29, 1.82) is 0 Å². The average Bonchev–Trinajstić information content (AvgIpc) is 3.05. The van der Waals surface area contributed by atoms with Gasteiger partial charge in [0.2, 0.25) is 0 Å². The molecule has 2 heterocycles. The number of nitrogens with zero attached hydrogens (tertiary/aromatic N) is 2. The molecule has 0 atom stereocenters. The smallest absolute Gasteiger partial charge is 0.287 e. The zero-order chi connectivity index (χ0) is 13.9. The van der Waals surface area contributed by atoms with Gasteiger partial charge in [-0.25, -0.2) is 5.43 Å². The maximum absolute atomic E-state index is 11.9. The summed E-state index contributed by atoms with van der Waals surface area (Å²) in [6.07, 6.45) is 5.32. The fourth-order valence-electron chi connectivity index (χ4n) is 2.12. The summed E-state index contributed by atoms with van der Waals surface area (Å²) < 4.78 is 1.75. The number of carbonyl (C=O) groups is 1. The topological polar surface area (TPSA) is 62.2 Å². The standard InChI is InChI=1S/C15H14N4O/c1-19-8-4-7-14(19)15(20)18-17-10-11-9-16-13-6-3-2-5-12(11)13/h2-10,16H,1H3,(H,18,20). The van der Waals surface area contributed by atoms with Gasteiger partial charge in [-0.2, -0.15) is 5.10 Å². The fourth-order valence-corrected chi connectivity index (χ4v) is 2.12. The number of hydrogen-bond donors (Lipinski definition) is 2. The number of aryl methyl sites for hydroxylation is 1. The zero-order valence-electron chi connectivity index (χ0n) is 11.0. The molecule has 0 unspecified atom stereocenters. The number of para-hydroxylation sites is 1. The van der Waals surface area contributed by atoms with E-state index in [2.05, 4.69) is 15.5 Å². The summed E-state index contributed by atoms with van der Waals surface area (Å²) in [5.41, 5.74) is 5.08. The maximum Gasteiger partial charge on any atom is 0.287 e. The highest BCUT2D eigenvalue weighted by molar-refractivity contribution is 6.00. The Morgan fingerprint density at radius 2 is 2.15 bits per heavy atom. The lowest BCUT2D eigenvalue weighted by Gasteiger charge is -2.00. The number of aromatic nitrogens is 2. The number of carbonyl (C=O) groups excluding carboxylic acids is 1. The van der Waals surface area contributed by atoms with Crippen LogP contribution in [0, 0.1) is 0 Å². The zero-order valence-corrected chi connectivity index (χ0v) is 11.0. The first-order chi connectivity index (χ1) is 9.75. The van der Waals surface area contributed by atoms with Crippen LogP contribution in [0.4, 0.5) is 0 Å².